The van der Waals surface area contributed by atoms with E-state index in [-0.39, 0.29) is 5.75 Å². The van der Waals surface area contributed by atoms with Gasteiger partial charge < -0.3 is 4.74 Å². The number of halogens is 1. The highest BCUT2D eigenvalue weighted by Crippen LogP contribution is 2.09. The van der Waals surface area contributed by atoms with Crippen LogP contribution in [-0.2, 0) is 13.8 Å². The minimum absolute atomic E-state index is 0.290. The summed E-state index contributed by atoms with van der Waals surface area (Å²) >= 11 is 0. The molecule has 1 rings (SSSR count). The van der Waals surface area contributed by atoms with E-state index in [1.54, 1.807) is 30.3 Å². The Bertz CT molecular complexity index is 412. The predicted octanol–water partition coefficient (Wildman–Crippen LogP) is 1.16. The number of rotatable bonds is 3. The fraction of sp³-hybridized carbons (Fsp3) is 0.125. The standard InChI is InChI=1S/C8H7ClO4S/c9-14(11,12)6-8(10)13-7-4-2-1-3-5-7/h1-5H,6H2. The van der Waals surface area contributed by atoms with Crippen molar-refractivity contribution in [2.45, 2.75) is 0 Å². The van der Waals surface area contributed by atoms with Crippen molar-refractivity contribution in [2.75, 3.05) is 5.75 Å². The molecular weight excluding hydrogens is 228 g/mol. The molecule has 0 N–H and O–H groups in total. The van der Waals surface area contributed by atoms with Crippen LogP contribution >= 0.6 is 10.7 Å². The van der Waals surface area contributed by atoms with Crippen molar-refractivity contribution >= 4 is 25.7 Å². The third kappa shape index (κ3) is 4.25. The van der Waals surface area contributed by atoms with Gasteiger partial charge in [-0.2, -0.15) is 0 Å². The molecule has 0 bridgehead atoms. The molecule has 0 atom stereocenters. The Morgan fingerprint density at radius 2 is 1.86 bits per heavy atom. The maximum atomic E-state index is 10.9. The number of para-hydroxylation sites is 1. The zero-order valence-corrected chi connectivity index (χ0v) is 8.59. The number of carbonyl (C=O) groups is 1. The van der Waals surface area contributed by atoms with Crippen LogP contribution in [0.4, 0.5) is 0 Å². The summed E-state index contributed by atoms with van der Waals surface area (Å²) in [4.78, 5) is 10.9. The lowest BCUT2D eigenvalue weighted by atomic mass is 10.3. The first-order valence-corrected chi connectivity index (χ1v) is 6.13. The van der Waals surface area contributed by atoms with Gasteiger partial charge in [-0.25, -0.2) is 8.42 Å². The summed E-state index contributed by atoms with van der Waals surface area (Å²) in [6.45, 7) is 0. The van der Waals surface area contributed by atoms with Crippen LogP contribution in [0.2, 0.25) is 0 Å². The Morgan fingerprint density at radius 1 is 1.29 bits per heavy atom. The van der Waals surface area contributed by atoms with Gasteiger partial charge in [-0.1, -0.05) is 18.2 Å². The number of ether oxygens (including phenoxy) is 1. The molecule has 0 fully saturated rings. The Labute approximate surface area is 85.9 Å². The van der Waals surface area contributed by atoms with E-state index in [9.17, 15) is 13.2 Å². The fourth-order valence-electron chi connectivity index (χ4n) is 0.790. The van der Waals surface area contributed by atoms with Gasteiger partial charge in [0.05, 0.1) is 0 Å². The van der Waals surface area contributed by atoms with Crippen LogP contribution in [0.1, 0.15) is 0 Å². The molecule has 0 aliphatic carbocycles. The second kappa shape index (κ2) is 4.43. The minimum atomic E-state index is -3.85. The molecule has 14 heavy (non-hydrogen) atoms. The lowest BCUT2D eigenvalue weighted by Gasteiger charge is -2.01. The lowest BCUT2D eigenvalue weighted by Crippen LogP contribution is -2.17. The van der Waals surface area contributed by atoms with E-state index < -0.39 is 20.8 Å². The second-order valence-electron chi connectivity index (χ2n) is 2.47. The van der Waals surface area contributed by atoms with Crippen molar-refractivity contribution in [1.29, 1.82) is 0 Å². The summed E-state index contributed by atoms with van der Waals surface area (Å²) in [7, 11) is 1.02. The molecule has 0 radical (unpaired) electrons. The first kappa shape index (κ1) is 11.0. The molecule has 0 heterocycles. The van der Waals surface area contributed by atoms with Crippen LogP contribution in [0, 0.1) is 0 Å². The molecule has 1 aromatic rings. The van der Waals surface area contributed by atoms with Gasteiger partial charge in [-0.05, 0) is 12.1 Å². The highest BCUT2D eigenvalue weighted by molar-refractivity contribution is 8.14. The van der Waals surface area contributed by atoms with Crippen molar-refractivity contribution in [2.24, 2.45) is 0 Å². The van der Waals surface area contributed by atoms with Gasteiger partial charge in [0.25, 0.3) is 0 Å². The number of esters is 1. The lowest BCUT2D eigenvalue weighted by molar-refractivity contribution is -0.131. The Morgan fingerprint density at radius 3 is 2.36 bits per heavy atom. The number of benzene rings is 1. The highest BCUT2D eigenvalue weighted by atomic mass is 35.7. The summed E-state index contributed by atoms with van der Waals surface area (Å²) in [5.74, 6) is -1.44. The van der Waals surface area contributed by atoms with Crippen molar-refractivity contribution in [3.63, 3.8) is 0 Å². The monoisotopic (exact) mass is 234 g/mol. The van der Waals surface area contributed by atoms with Gasteiger partial charge in [0, 0.05) is 10.7 Å². The SMILES string of the molecule is O=C(CS(=O)(=O)Cl)Oc1ccccc1. The first-order chi connectivity index (χ1) is 6.47. The van der Waals surface area contributed by atoms with E-state index in [0.717, 1.165) is 0 Å². The van der Waals surface area contributed by atoms with E-state index in [0.29, 0.717) is 0 Å². The molecule has 0 unspecified atom stereocenters. The van der Waals surface area contributed by atoms with E-state index >= 15 is 0 Å². The van der Waals surface area contributed by atoms with Crippen LogP contribution in [0.3, 0.4) is 0 Å². The molecule has 4 nitrogen and oxygen atoms in total. The van der Waals surface area contributed by atoms with Gasteiger partial charge in [0.2, 0.25) is 9.05 Å². The van der Waals surface area contributed by atoms with Gasteiger partial charge in [-0.3, -0.25) is 4.79 Å². The molecule has 0 spiro atoms. The first-order valence-electron chi connectivity index (χ1n) is 3.65. The van der Waals surface area contributed by atoms with Crippen LogP contribution < -0.4 is 4.74 Å². The molecular formula is C8H7ClO4S. The van der Waals surface area contributed by atoms with Gasteiger partial charge in [0.1, 0.15) is 5.75 Å². The zero-order chi connectivity index (χ0) is 10.6. The van der Waals surface area contributed by atoms with Crippen molar-refractivity contribution in [3.8, 4) is 5.75 Å². The Hall–Kier alpha value is -1.07. The molecule has 1 aromatic carbocycles. The topological polar surface area (TPSA) is 60.4 Å². The molecule has 6 heteroatoms. The Balaban J connectivity index is 2.59. The summed E-state index contributed by atoms with van der Waals surface area (Å²) < 4.78 is 25.7. The maximum absolute atomic E-state index is 10.9. The Kier molecular flexibility index (Phi) is 3.49. The molecule has 0 aliphatic heterocycles. The van der Waals surface area contributed by atoms with Gasteiger partial charge >= 0.3 is 5.97 Å². The number of carbonyl (C=O) groups excluding carboxylic acids is 1. The maximum Gasteiger partial charge on any atom is 0.327 e. The number of hydrogen-bond donors (Lipinski definition) is 0. The third-order valence-electron chi connectivity index (χ3n) is 1.27. The smallest absolute Gasteiger partial charge is 0.327 e. The van der Waals surface area contributed by atoms with E-state index in [1.807, 2.05) is 0 Å². The van der Waals surface area contributed by atoms with Crippen LogP contribution in [0.25, 0.3) is 0 Å². The van der Waals surface area contributed by atoms with Crippen LogP contribution in [0.5, 0.6) is 5.75 Å². The predicted molar refractivity (Wildman–Crippen MR) is 51.7 cm³/mol. The van der Waals surface area contributed by atoms with Gasteiger partial charge in [-0.15, -0.1) is 0 Å². The summed E-state index contributed by atoms with van der Waals surface area (Å²) in [5, 5.41) is 0. The van der Waals surface area contributed by atoms with E-state index in [4.69, 9.17) is 10.7 Å². The second-order valence-corrected chi connectivity index (χ2v) is 5.25. The quantitative estimate of drug-likeness (QED) is 0.447. The number of hydrogen-bond acceptors (Lipinski definition) is 4. The van der Waals surface area contributed by atoms with E-state index in [2.05, 4.69) is 4.74 Å². The summed E-state index contributed by atoms with van der Waals surface area (Å²) in [6.07, 6.45) is 0. The average molecular weight is 235 g/mol. The summed E-state index contributed by atoms with van der Waals surface area (Å²) in [5.41, 5.74) is 0. The van der Waals surface area contributed by atoms with Crippen LogP contribution in [0.15, 0.2) is 30.3 Å². The van der Waals surface area contributed by atoms with Crippen molar-refractivity contribution in [3.05, 3.63) is 30.3 Å². The third-order valence-corrected chi connectivity index (χ3v) is 2.17. The van der Waals surface area contributed by atoms with Gasteiger partial charge in [0.15, 0.2) is 5.75 Å². The largest absolute Gasteiger partial charge is 0.426 e. The molecule has 0 aliphatic rings. The molecule has 76 valence electrons. The minimum Gasteiger partial charge on any atom is -0.426 e. The van der Waals surface area contributed by atoms with Crippen LogP contribution in [-0.4, -0.2) is 20.1 Å². The molecule has 0 amide bonds. The fourth-order valence-corrected chi connectivity index (χ4v) is 1.40. The highest BCUT2D eigenvalue weighted by Gasteiger charge is 2.14. The van der Waals surface area contributed by atoms with E-state index in [1.165, 1.54) is 0 Å². The normalized spacial score (nSPS) is 10.9. The molecule has 0 saturated carbocycles. The van der Waals surface area contributed by atoms with Crippen molar-refractivity contribution in [1.82, 2.24) is 0 Å². The zero-order valence-electron chi connectivity index (χ0n) is 7.01. The average Bonchev–Trinajstić information content (AvgIpc) is 2.02. The summed E-state index contributed by atoms with van der Waals surface area (Å²) in [6, 6.07) is 8.16. The molecule has 0 aromatic heterocycles. The van der Waals surface area contributed by atoms with Crippen molar-refractivity contribution < 1.29 is 17.9 Å². The molecule has 0 saturated heterocycles.